The highest BCUT2D eigenvalue weighted by molar-refractivity contribution is 6.03. The van der Waals surface area contributed by atoms with Gasteiger partial charge >= 0.3 is 6.03 Å². The van der Waals surface area contributed by atoms with Gasteiger partial charge in [0.1, 0.15) is 6.04 Å². The Hall–Kier alpha value is -3.33. The van der Waals surface area contributed by atoms with Crippen molar-refractivity contribution in [3.8, 4) is 6.07 Å². The Morgan fingerprint density at radius 2 is 1.88 bits per heavy atom. The van der Waals surface area contributed by atoms with Crippen molar-refractivity contribution in [2.75, 3.05) is 10.2 Å². The fourth-order valence-electron chi connectivity index (χ4n) is 3.15. The van der Waals surface area contributed by atoms with Crippen LogP contribution in [0.25, 0.3) is 0 Å². The quantitative estimate of drug-likeness (QED) is 0.890. The van der Waals surface area contributed by atoms with E-state index in [1.165, 1.54) is 0 Å². The van der Waals surface area contributed by atoms with Gasteiger partial charge in [-0.05, 0) is 43.2 Å². The number of hydrogen-bond donors (Lipinski definition) is 2. The highest BCUT2D eigenvalue weighted by Crippen LogP contribution is 2.26. The number of carbonyl (C=O) groups excluding carboxylic acids is 2. The number of rotatable bonds is 4. The first kappa shape index (κ1) is 17.5. The Morgan fingerprint density at radius 3 is 2.54 bits per heavy atom. The van der Waals surface area contributed by atoms with E-state index < -0.39 is 12.1 Å². The van der Waals surface area contributed by atoms with Gasteiger partial charge in [-0.3, -0.25) is 4.79 Å². The van der Waals surface area contributed by atoms with Crippen molar-refractivity contribution in [1.29, 1.82) is 5.26 Å². The van der Waals surface area contributed by atoms with Crippen molar-refractivity contribution in [3.63, 3.8) is 0 Å². The average Bonchev–Trinajstić information content (AvgIpc) is 2.91. The highest BCUT2D eigenvalue weighted by Gasteiger charge is 2.38. The van der Waals surface area contributed by atoms with E-state index in [1.54, 1.807) is 29.2 Å². The Bertz CT molecular complexity index is 827. The molecule has 1 fully saturated rings. The molecule has 0 spiro atoms. The molecule has 1 heterocycles. The maximum atomic E-state index is 12.7. The van der Waals surface area contributed by atoms with Gasteiger partial charge in [0.05, 0.1) is 12.5 Å². The lowest BCUT2D eigenvalue weighted by atomic mass is 10.1. The van der Waals surface area contributed by atoms with Crippen LogP contribution in [0.4, 0.5) is 16.2 Å². The number of nitrogens with zero attached hydrogens (tertiary/aromatic N) is 2. The van der Waals surface area contributed by atoms with Gasteiger partial charge in [0.15, 0.2) is 0 Å². The first-order chi connectivity index (χ1) is 12.6. The minimum atomic E-state index is -0.553. The van der Waals surface area contributed by atoms with Crippen LogP contribution in [-0.2, 0) is 11.2 Å². The van der Waals surface area contributed by atoms with Crippen LogP contribution >= 0.6 is 0 Å². The number of amides is 3. The largest absolute Gasteiger partial charge is 0.326 e. The molecule has 2 aromatic carbocycles. The average molecular weight is 348 g/mol. The standard InChI is InChI=1S/C20H20N4O2/c1-14-13-18(19(25)24(14)17-5-3-2-4-6-17)23-20(26)22-16-9-7-15(8-10-16)11-12-21/h2-10,14,18H,11,13H2,1H3,(H2,22,23,26)/t14-,18-/m1/s1. The summed E-state index contributed by atoms with van der Waals surface area (Å²) in [7, 11) is 0. The third-order valence-corrected chi connectivity index (χ3v) is 4.39. The molecule has 2 atom stereocenters. The van der Waals surface area contributed by atoms with Crippen LogP contribution in [0.2, 0.25) is 0 Å². The first-order valence-electron chi connectivity index (χ1n) is 8.50. The van der Waals surface area contributed by atoms with Gasteiger partial charge in [0.25, 0.3) is 0 Å². The van der Waals surface area contributed by atoms with E-state index in [0.29, 0.717) is 18.5 Å². The summed E-state index contributed by atoms with van der Waals surface area (Å²) in [6, 6.07) is 17.6. The molecule has 0 bridgehead atoms. The summed E-state index contributed by atoms with van der Waals surface area (Å²) in [6.07, 6.45) is 0.887. The molecule has 0 aliphatic carbocycles. The normalized spacial score (nSPS) is 19.1. The van der Waals surface area contributed by atoms with Crippen LogP contribution in [0.15, 0.2) is 54.6 Å². The van der Waals surface area contributed by atoms with Gasteiger partial charge in [-0.25, -0.2) is 4.79 Å². The summed E-state index contributed by atoms with van der Waals surface area (Å²) < 4.78 is 0. The first-order valence-corrected chi connectivity index (χ1v) is 8.50. The number of urea groups is 1. The minimum Gasteiger partial charge on any atom is -0.326 e. The molecule has 3 amide bonds. The molecule has 0 radical (unpaired) electrons. The Kier molecular flexibility index (Phi) is 5.18. The number of hydrogen-bond acceptors (Lipinski definition) is 3. The summed E-state index contributed by atoms with van der Waals surface area (Å²) in [4.78, 5) is 26.6. The summed E-state index contributed by atoms with van der Waals surface area (Å²) >= 11 is 0. The molecule has 132 valence electrons. The fraction of sp³-hybridized carbons (Fsp3) is 0.250. The van der Waals surface area contributed by atoms with Crippen LogP contribution in [0.3, 0.4) is 0 Å². The van der Waals surface area contributed by atoms with Crippen LogP contribution in [0.5, 0.6) is 0 Å². The molecule has 6 heteroatoms. The summed E-state index contributed by atoms with van der Waals surface area (Å²) in [6.45, 7) is 1.97. The second kappa shape index (κ2) is 7.70. The molecular formula is C20H20N4O2. The lowest BCUT2D eigenvalue weighted by molar-refractivity contribution is -0.118. The van der Waals surface area contributed by atoms with Crippen LogP contribution in [-0.4, -0.2) is 24.0 Å². The van der Waals surface area contributed by atoms with Crippen LogP contribution in [0.1, 0.15) is 18.9 Å². The number of benzene rings is 2. The highest BCUT2D eigenvalue weighted by atomic mass is 16.2. The second-order valence-corrected chi connectivity index (χ2v) is 6.31. The van der Waals surface area contributed by atoms with Crippen LogP contribution < -0.4 is 15.5 Å². The number of nitriles is 1. The SMILES string of the molecule is C[C@@H]1C[C@@H](NC(=O)Nc2ccc(CC#N)cc2)C(=O)N1c1ccccc1. The summed E-state index contributed by atoms with van der Waals surface area (Å²) in [5.74, 6) is -0.108. The van der Waals surface area contributed by atoms with Gasteiger partial charge < -0.3 is 15.5 Å². The van der Waals surface area contributed by atoms with Crippen molar-refractivity contribution in [2.45, 2.75) is 31.8 Å². The Balaban J connectivity index is 1.61. The Labute approximate surface area is 152 Å². The predicted molar refractivity (Wildman–Crippen MR) is 99.7 cm³/mol. The molecule has 0 aromatic heterocycles. The molecule has 2 aromatic rings. The fourth-order valence-corrected chi connectivity index (χ4v) is 3.15. The van der Waals surface area contributed by atoms with Crippen LogP contribution in [0, 0.1) is 11.3 Å². The maximum absolute atomic E-state index is 12.7. The smallest absolute Gasteiger partial charge is 0.319 e. The number of para-hydroxylation sites is 1. The zero-order valence-corrected chi connectivity index (χ0v) is 14.5. The van der Waals surface area contributed by atoms with Gasteiger partial charge in [-0.2, -0.15) is 5.26 Å². The monoisotopic (exact) mass is 348 g/mol. The van der Waals surface area contributed by atoms with Crippen molar-refractivity contribution < 1.29 is 9.59 Å². The van der Waals surface area contributed by atoms with Gasteiger partial charge in [0, 0.05) is 17.4 Å². The van der Waals surface area contributed by atoms with E-state index in [1.807, 2.05) is 37.3 Å². The van der Waals surface area contributed by atoms with Crippen molar-refractivity contribution >= 4 is 23.3 Å². The lowest BCUT2D eigenvalue weighted by Gasteiger charge is -2.21. The van der Waals surface area contributed by atoms with Gasteiger partial charge in [-0.1, -0.05) is 30.3 Å². The van der Waals surface area contributed by atoms with E-state index in [2.05, 4.69) is 16.7 Å². The second-order valence-electron chi connectivity index (χ2n) is 6.31. The van der Waals surface area contributed by atoms with E-state index in [9.17, 15) is 9.59 Å². The van der Waals surface area contributed by atoms with Gasteiger partial charge in [0.2, 0.25) is 5.91 Å². The summed E-state index contributed by atoms with van der Waals surface area (Å²) in [5, 5.41) is 14.2. The molecule has 2 N–H and O–H groups in total. The van der Waals surface area contributed by atoms with E-state index in [-0.39, 0.29) is 11.9 Å². The van der Waals surface area contributed by atoms with Crippen molar-refractivity contribution in [2.24, 2.45) is 0 Å². The van der Waals surface area contributed by atoms with E-state index in [0.717, 1.165) is 11.3 Å². The molecule has 26 heavy (non-hydrogen) atoms. The zero-order valence-electron chi connectivity index (χ0n) is 14.5. The molecule has 1 aliphatic rings. The molecule has 6 nitrogen and oxygen atoms in total. The van der Waals surface area contributed by atoms with Crippen molar-refractivity contribution in [1.82, 2.24) is 5.32 Å². The third kappa shape index (κ3) is 3.83. The number of carbonyl (C=O) groups is 2. The molecule has 0 unspecified atom stereocenters. The third-order valence-electron chi connectivity index (χ3n) is 4.39. The molecule has 1 saturated heterocycles. The topological polar surface area (TPSA) is 85.2 Å². The lowest BCUT2D eigenvalue weighted by Crippen LogP contribution is -2.43. The van der Waals surface area contributed by atoms with E-state index >= 15 is 0 Å². The zero-order chi connectivity index (χ0) is 18.5. The van der Waals surface area contributed by atoms with Gasteiger partial charge in [-0.15, -0.1) is 0 Å². The molecular weight excluding hydrogens is 328 g/mol. The molecule has 1 aliphatic heterocycles. The summed E-state index contributed by atoms with van der Waals surface area (Å²) in [5.41, 5.74) is 2.34. The van der Waals surface area contributed by atoms with Crippen molar-refractivity contribution in [3.05, 3.63) is 60.2 Å². The number of anilines is 2. The minimum absolute atomic E-state index is 0.0143. The molecule has 3 rings (SSSR count). The number of nitrogens with one attached hydrogen (secondary N) is 2. The van der Waals surface area contributed by atoms with E-state index in [4.69, 9.17) is 5.26 Å². The predicted octanol–water partition coefficient (Wildman–Crippen LogP) is 3.07. The molecule has 0 saturated carbocycles. The Morgan fingerprint density at radius 1 is 1.19 bits per heavy atom. The maximum Gasteiger partial charge on any atom is 0.319 e.